The van der Waals surface area contributed by atoms with Gasteiger partial charge in [-0.2, -0.15) is 10.4 Å². The molecule has 0 N–H and O–H groups in total. The fraction of sp³-hybridized carbons (Fsp3) is 0.0909. The third-order valence-electron chi connectivity index (χ3n) is 2.22. The molecule has 1 heterocycles. The van der Waals surface area contributed by atoms with Crippen LogP contribution in [0.5, 0.6) is 0 Å². The fourth-order valence-electron chi connectivity index (χ4n) is 1.41. The summed E-state index contributed by atoms with van der Waals surface area (Å²) in [6, 6.07) is 4.96. The Morgan fingerprint density at radius 3 is 2.82 bits per heavy atom. The van der Waals surface area contributed by atoms with E-state index >= 15 is 0 Å². The van der Waals surface area contributed by atoms with Crippen molar-refractivity contribution in [2.45, 2.75) is 6.92 Å². The van der Waals surface area contributed by atoms with E-state index in [9.17, 15) is 4.79 Å². The standard InChI is InChI=1S/C11H7ClN4O/c1-7-14-6-16(15-7)11-3-10(12)9(5-17)2-8(11)4-13/h2-3,5-6H,1H3. The Kier molecular flexibility index (Phi) is 2.90. The molecule has 0 saturated heterocycles. The van der Waals surface area contributed by atoms with Crippen LogP contribution in [0.2, 0.25) is 5.02 Å². The second-order valence-corrected chi connectivity index (χ2v) is 3.76. The Hall–Kier alpha value is -2.19. The van der Waals surface area contributed by atoms with Crippen molar-refractivity contribution < 1.29 is 4.79 Å². The third kappa shape index (κ3) is 2.03. The van der Waals surface area contributed by atoms with Gasteiger partial charge in [-0.3, -0.25) is 4.79 Å². The van der Waals surface area contributed by atoms with Crippen molar-refractivity contribution in [3.8, 4) is 11.8 Å². The van der Waals surface area contributed by atoms with Crippen LogP contribution in [0.25, 0.3) is 5.69 Å². The van der Waals surface area contributed by atoms with Gasteiger partial charge in [-0.25, -0.2) is 9.67 Å². The van der Waals surface area contributed by atoms with Crippen LogP contribution >= 0.6 is 11.6 Å². The zero-order chi connectivity index (χ0) is 12.4. The Morgan fingerprint density at radius 2 is 2.29 bits per heavy atom. The monoisotopic (exact) mass is 246 g/mol. The second kappa shape index (κ2) is 4.36. The molecule has 1 aromatic heterocycles. The molecule has 0 radical (unpaired) electrons. The van der Waals surface area contributed by atoms with E-state index in [1.54, 1.807) is 6.92 Å². The van der Waals surface area contributed by atoms with Gasteiger partial charge in [0.25, 0.3) is 0 Å². The first-order valence-electron chi connectivity index (χ1n) is 4.73. The molecule has 0 aliphatic heterocycles. The highest BCUT2D eigenvalue weighted by Crippen LogP contribution is 2.22. The van der Waals surface area contributed by atoms with Crippen LogP contribution in [0.15, 0.2) is 18.5 Å². The molecule has 5 nitrogen and oxygen atoms in total. The van der Waals surface area contributed by atoms with Crippen molar-refractivity contribution in [2.75, 3.05) is 0 Å². The molecule has 17 heavy (non-hydrogen) atoms. The summed E-state index contributed by atoms with van der Waals surface area (Å²) in [5.74, 6) is 0.587. The predicted octanol–water partition coefficient (Wildman–Crippen LogP) is 1.91. The summed E-state index contributed by atoms with van der Waals surface area (Å²) >= 11 is 5.91. The molecule has 0 aliphatic carbocycles. The number of aldehydes is 1. The van der Waals surface area contributed by atoms with Crippen molar-refractivity contribution in [1.82, 2.24) is 14.8 Å². The van der Waals surface area contributed by atoms with E-state index in [4.69, 9.17) is 16.9 Å². The Labute approximate surface area is 102 Å². The van der Waals surface area contributed by atoms with Crippen LogP contribution in [0.4, 0.5) is 0 Å². The molecular weight excluding hydrogens is 240 g/mol. The summed E-state index contributed by atoms with van der Waals surface area (Å²) in [5.41, 5.74) is 1.11. The lowest BCUT2D eigenvalue weighted by molar-refractivity contribution is 0.112. The molecule has 0 saturated carbocycles. The van der Waals surface area contributed by atoms with E-state index in [2.05, 4.69) is 10.1 Å². The van der Waals surface area contributed by atoms with Crippen LogP contribution in [-0.2, 0) is 0 Å². The van der Waals surface area contributed by atoms with E-state index in [0.29, 0.717) is 23.4 Å². The number of nitriles is 1. The lowest BCUT2D eigenvalue weighted by atomic mass is 10.1. The van der Waals surface area contributed by atoms with Crippen molar-refractivity contribution in [1.29, 1.82) is 5.26 Å². The van der Waals surface area contributed by atoms with E-state index in [-0.39, 0.29) is 10.6 Å². The maximum atomic E-state index is 10.7. The lowest BCUT2D eigenvalue weighted by Crippen LogP contribution is -2.00. The zero-order valence-corrected chi connectivity index (χ0v) is 9.64. The molecule has 0 spiro atoms. The molecular formula is C11H7ClN4O. The number of hydrogen-bond donors (Lipinski definition) is 0. The van der Waals surface area contributed by atoms with Gasteiger partial charge in [0.05, 0.1) is 16.3 Å². The van der Waals surface area contributed by atoms with Crippen molar-refractivity contribution in [3.05, 3.63) is 40.4 Å². The molecule has 0 unspecified atom stereocenters. The van der Waals surface area contributed by atoms with Gasteiger partial charge in [0.2, 0.25) is 0 Å². The average molecular weight is 247 g/mol. The van der Waals surface area contributed by atoms with E-state index in [1.165, 1.54) is 23.1 Å². The SMILES string of the molecule is Cc1ncn(-c2cc(Cl)c(C=O)cc2C#N)n1. The quantitative estimate of drug-likeness (QED) is 0.759. The molecule has 2 rings (SSSR count). The smallest absolute Gasteiger partial charge is 0.151 e. The minimum Gasteiger partial charge on any atom is -0.298 e. The van der Waals surface area contributed by atoms with Gasteiger partial charge < -0.3 is 0 Å². The molecule has 0 amide bonds. The number of benzene rings is 1. The highest BCUT2D eigenvalue weighted by Gasteiger charge is 2.10. The first-order valence-corrected chi connectivity index (χ1v) is 5.11. The number of halogens is 1. The minimum absolute atomic E-state index is 0.280. The first-order chi connectivity index (χ1) is 8.15. The van der Waals surface area contributed by atoms with Crippen LogP contribution in [0, 0.1) is 18.3 Å². The van der Waals surface area contributed by atoms with Crippen molar-refractivity contribution >= 4 is 17.9 Å². The normalized spacial score (nSPS) is 9.94. The maximum Gasteiger partial charge on any atom is 0.151 e. The van der Waals surface area contributed by atoms with Crippen molar-refractivity contribution in [3.63, 3.8) is 0 Å². The molecule has 2 aromatic rings. The number of rotatable bonds is 2. The van der Waals surface area contributed by atoms with Crippen LogP contribution in [-0.4, -0.2) is 21.1 Å². The van der Waals surface area contributed by atoms with Gasteiger partial charge in [-0.15, -0.1) is 0 Å². The Morgan fingerprint density at radius 1 is 1.53 bits per heavy atom. The number of aryl methyl sites for hydroxylation is 1. The van der Waals surface area contributed by atoms with Gasteiger partial charge in [0.15, 0.2) is 6.29 Å². The number of hydrogen-bond acceptors (Lipinski definition) is 4. The molecule has 6 heteroatoms. The highest BCUT2D eigenvalue weighted by molar-refractivity contribution is 6.33. The molecule has 0 bridgehead atoms. The number of carbonyl (C=O) groups is 1. The molecule has 84 valence electrons. The van der Waals surface area contributed by atoms with Crippen LogP contribution in [0.3, 0.4) is 0 Å². The van der Waals surface area contributed by atoms with Crippen LogP contribution < -0.4 is 0 Å². The lowest BCUT2D eigenvalue weighted by Gasteiger charge is -2.05. The zero-order valence-electron chi connectivity index (χ0n) is 8.88. The summed E-state index contributed by atoms with van der Waals surface area (Å²) in [7, 11) is 0. The second-order valence-electron chi connectivity index (χ2n) is 3.36. The predicted molar refractivity (Wildman–Crippen MR) is 61.2 cm³/mol. The average Bonchev–Trinajstić information content (AvgIpc) is 2.75. The Balaban J connectivity index is 2.66. The molecule has 1 aromatic carbocycles. The molecule has 0 fully saturated rings. The van der Waals surface area contributed by atoms with Crippen molar-refractivity contribution in [2.24, 2.45) is 0 Å². The summed E-state index contributed by atoms with van der Waals surface area (Å²) in [6.07, 6.45) is 2.10. The summed E-state index contributed by atoms with van der Waals surface area (Å²) in [4.78, 5) is 14.7. The van der Waals surface area contributed by atoms with Crippen LogP contribution in [0.1, 0.15) is 21.7 Å². The number of nitrogens with zero attached hydrogens (tertiary/aromatic N) is 4. The molecule has 0 atom stereocenters. The van der Waals surface area contributed by atoms with Gasteiger partial charge in [0.1, 0.15) is 18.2 Å². The highest BCUT2D eigenvalue weighted by atomic mass is 35.5. The summed E-state index contributed by atoms with van der Waals surface area (Å²) in [6.45, 7) is 1.74. The topological polar surface area (TPSA) is 71.6 Å². The van der Waals surface area contributed by atoms with E-state index in [1.807, 2.05) is 6.07 Å². The summed E-state index contributed by atoms with van der Waals surface area (Å²) < 4.78 is 1.45. The minimum atomic E-state index is 0.280. The third-order valence-corrected chi connectivity index (χ3v) is 2.54. The largest absolute Gasteiger partial charge is 0.298 e. The van der Waals surface area contributed by atoms with E-state index in [0.717, 1.165) is 0 Å². The number of carbonyl (C=O) groups excluding carboxylic acids is 1. The van der Waals surface area contributed by atoms with Gasteiger partial charge >= 0.3 is 0 Å². The van der Waals surface area contributed by atoms with Gasteiger partial charge in [-0.1, -0.05) is 11.6 Å². The first kappa shape index (κ1) is 11.3. The fourth-order valence-corrected chi connectivity index (χ4v) is 1.61. The van der Waals surface area contributed by atoms with Gasteiger partial charge in [0, 0.05) is 5.56 Å². The number of aromatic nitrogens is 3. The molecule has 0 aliphatic rings. The Bertz CT molecular complexity index is 627. The van der Waals surface area contributed by atoms with Gasteiger partial charge in [-0.05, 0) is 19.1 Å². The van der Waals surface area contributed by atoms with E-state index < -0.39 is 0 Å². The summed E-state index contributed by atoms with van der Waals surface area (Å²) in [5, 5.41) is 13.4. The maximum absolute atomic E-state index is 10.7.